The molecule has 0 saturated heterocycles. The highest BCUT2D eigenvalue weighted by Gasteiger charge is 2.07. The normalized spacial score (nSPS) is 11.0. The highest BCUT2D eigenvalue weighted by atomic mass is 16.5. The fourth-order valence-electron chi connectivity index (χ4n) is 2.35. The molecule has 0 amide bonds. The van der Waals surface area contributed by atoms with Crippen molar-refractivity contribution in [2.24, 2.45) is 0 Å². The highest BCUT2D eigenvalue weighted by molar-refractivity contribution is 5.68. The number of nitrogens with zero attached hydrogens (tertiary/aromatic N) is 2. The van der Waals surface area contributed by atoms with Crippen LogP contribution in [0.5, 0.6) is 11.5 Å². The standard InChI is InChI=1S/C20H20N2O3/c1-3-23-17-12-10-15(14-18(17)24-4-2)11-13-19-21-20(22-25-19)16-8-6-5-7-9-16/h5-14H,3-4H2,1-2H3/b13-11+. The van der Waals surface area contributed by atoms with Gasteiger partial charge in [0.2, 0.25) is 5.82 Å². The van der Waals surface area contributed by atoms with E-state index in [2.05, 4.69) is 10.1 Å². The number of hydrogen-bond donors (Lipinski definition) is 0. The third-order valence-electron chi connectivity index (χ3n) is 3.46. The van der Waals surface area contributed by atoms with Crippen LogP contribution in [0.15, 0.2) is 53.1 Å². The number of benzene rings is 2. The van der Waals surface area contributed by atoms with Crippen molar-refractivity contribution in [1.82, 2.24) is 10.1 Å². The summed E-state index contributed by atoms with van der Waals surface area (Å²) < 4.78 is 16.5. The van der Waals surface area contributed by atoms with Gasteiger partial charge in [-0.2, -0.15) is 4.98 Å². The zero-order valence-corrected chi connectivity index (χ0v) is 14.3. The summed E-state index contributed by atoms with van der Waals surface area (Å²) in [6.45, 7) is 5.07. The van der Waals surface area contributed by atoms with E-state index < -0.39 is 0 Å². The number of rotatable bonds is 7. The van der Waals surface area contributed by atoms with Gasteiger partial charge in [-0.3, -0.25) is 0 Å². The fraction of sp³-hybridized carbons (Fsp3) is 0.200. The quantitative estimate of drug-likeness (QED) is 0.625. The van der Waals surface area contributed by atoms with E-state index in [0.717, 1.165) is 22.6 Å². The van der Waals surface area contributed by atoms with Crippen LogP contribution in [0.1, 0.15) is 25.3 Å². The van der Waals surface area contributed by atoms with Crippen LogP contribution in [-0.4, -0.2) is 23.4 Å². The first kappa shape index (κ1) is 16.8. The van der Waals surface area contributed by atoms with Gasteiger partial charge in [-0.1, -0.05) is 41.6 Å². The van der Waals surface area contributed by atoms with Gasteiger partial charge >= 0.3 is 0 Å². The average molecular weight is 336 g/mol. The molecular formula is C20H20N2O3. The smallest absolute Gasteiger partial charge is 0.250 e. The fourth-order valence-corrected chi connectivity index (χ4v) is 2.35. The lowest BCUT2D eigenvalue weighted by atomic mass is 10.2. The second-order valence-corrected chi connectivity index (χ2v) is 5.23. The summed E-state index contributed by atoms with van der Waals surface area (Å²) in [6.07, 6.45) is 3.69. The van der Waals surface area contributed by atoms with Crippen molar-refractivity contribution in [3.63, 3.8) is 0 Å². The van der Waals surface area contributed by atoms with Gasteiger partial charge in [-0.25, -0.2) is 0 Å². The van der Waals surface area contributed by atoms with E-state index in [1.807, 2.05) is 68.5 Å². The summed E-state index contributed by atoms with van der Waals surface area (Å²) in [7, 11) is 0. The van der Waals surface area contributed by atoms with Gasteiger partial charge in [0.15, 0.2) is 11.5 Å². The Balaban J connectivity index is 1.78. The first-order chi connectivity index (χ1) is 12.3. The number of ether oxygens (including phenoxy) is 2. The van der Waals surface area contributed by atoms with Crippen LogP contribution in [0.4, 0.5) is 0 Å². The number of aromatic nitrogens is 2. The largest absolute Gasteiger partial charge is 0.490 e. The monoisotopic (exact) mass is 336 g/mol. The molecule has 2 aromatic carbocycles. The van der Waals surface area contributed by atoms with Crippen LogP contribution in [0.2, 0.25) is 0 Å². The van der Waals surface area contributed by atoms with Crippen molar-refractivity contribution in [1.29, 1.82) is 0 Å². The van der Waals surface area contributed by atoms with Crippen molar-refractivity contribution >= 4 is 12.2 Å². The van der Waals surface area contributed by atoms with Crippen LogP contribution in [0.3, 0.4) is 0 Å². The summed E-state index contributed by atoms with van der Waals surface area (Å²) in [5.74, 6) is 2.49. The summed E-state index contributed by atoms with van der Waals surface area (Å²) in [5, 5.41) is 4.00. The molecule has 3 aromatic rings. The van der Waals surface area contributed by atoms with E-state index in [9.17, 15) is 0 Å². The third kappa shape index (κ3) is 4.26. The minimum Gasteiger partial charge on any atom is -0.490 e. The summed E-state index contributed by atoms with van der Waals surface area (Å²) >= 11 is 0. The Morgan fingerprint density at radius 2 is 1.68 bits per heavy atom. The van der Waals surface area contributed by atoms with E-state index in [1.54, 1.807) is 6.08 Å². The molecule has 0 aliphatic heterocycles. The molecule has 0 atom stereocenters. The molecule has 0 aliphatic carbocycles. The molecule has 0 radical (unpaired) electrons. The topological polar surface area (TPSA) is 57.4 Å². The van der Waals surface area contributed by atoms with Crippen LogP contribution in [0.25, 0.3) is 23.5 Å². The van der Waals surface area contributed by atoms with E-state index in [0.29, 0.717) is 24.9 Å². The lowest BCUT2D eigenvalue weighted by Crippen LogP contribution is -1.98. The first-order valence-electron chi connectivity index (χ1n) is 8.27. The lowest BCUT2D eigenvalue weighted by molar-refractivity contribution is 0.287. The molecule has 5 nitrogen and oxygen atoms in total. The Bertz CT molecular complexity index is 841. The molecule has 0 fully saturated rings. The molecule has 0 aliphatic rings. The maximum Gasteiger partial charge on any atom is 0.250 e. The Morgan fingerprint density at radius 3 is 2.44 bits per heavy atom. The minimum atomic E-state index is 0.450. The molecule has 1 aromatic heterocycles. The molecule has 25 heavy (non-hydrogen) atoms. The average Bonchev–Trinajstić information content (AvgIpc) is 3.12. The Morgan fingerprint density at radius 1 is 0.920 bits per heavy atom. The van der Waals surface area contributed by atoms with Crippen molar-refractivity contribution in [3.05, 3.63) is 60.0 Å². The van der Waals surface area contributed by atoms with Gasteiger partial charge in [-0.15, -0.1) is 0 Å². The lowest BCUT2D eigenvalue weighted by Gasteiger charge is -2.11. The van der Waals surface area contributed by atoms with Crippen LogP contribution < -0.4 is 9.47 Å². The first-order valence-corrected chi connectivity index (χ1v) is 8.27. The second-order valence-electron chi connectivity index (χ2n) is 5.23. The Hall–Kier alpha value is -3.08. The predicted molar refractivity (Wildman–Crippen MR) is 97.4 cm³/mol. The maximum atomic E-state index is 5.63. The van der Waals surface area contributed by atoms with Gasteiger partial charge in [0.25, 0.3) is 5.89 Å². The van der Waals surface area contributed by atoms with Crippen LogP contribution in [-0.2, 0) is 0 Å². The molecule has 0 spiro atoms. The zero-order valence-electron chi connectivity index (χ0n) is 14.3. The van der Waals surface area contributed by atoms with Gasteiger partial charge in [-0.05, 0) is 37.6 Å². The Labute approximate surface area is 146 Å². The molecule has 1 heterocycles. The number of hydrogen-bond acceptors (Lipinski definition) is 5. The van der Waals surface area contributed by atoms with Crippen molar-refractivity contribution in [2.45, 2.75) is 13.8 Å². The molecule has 0 saturated carbocycles. The van der Waals surface area contributed by atoms with E-state index in [4.69, 9.17) is 14.0 Å². The van der Waals surface area contributed by atoms with Crippen LogP contribution in [0, 0.1) is 0 Å². The van der Waals surface area contributed by atoms with Gasteiger partial charge in [0, 0.05) is 11.6 Å². The molecule has 128 valence electrons. The molecular weight excluding hydrogens is 316 g/mol. The van der Waals surface area contributed by atoms with Crippen molar-refractivity contribution in [3.8, 4) is 22.9 Å². The van der Waals surface area contributed by atoms with Gasteiger partial charge in [0.05, 0.1) is 13.2 Å². The van der Waals surface area contributed by atoms with E-state index in [1.165, 1.54) is 0 Å². The summed E-state index contributed by atoms with van der Waals surface area (Å²) in [6, 6.07) is 15.5. The SMILES string of the molecule is CCOc1ccc(/C=C/c2nc(-c3ccccc3)no2)cc1OCC. The summed E-state index contributed by atoms with van der Waals surface area (Å²) in [4.78, 5) is 4.38. The predicted octanol–water partition coefficient (Wildman–Crippen LogP) is 4.70. The van der Waals surface area contributed by atoms with E-state index in [-0.39, 0.29) is 0 Å². The van der Waals surface area contributed by atoms with Crippen molar-refractivity contribution in [2.75, 3.05) is 13.2 Å². The maximum absolute atomic E-state index is 5.63. The second kappa shape index (κ2) is 8.15. The molecule has 5 heteroatoms. The molecule has 0 unspecified atom stereocenters. The molecule has 0 bridgehead atoms. The third-order valence-corrected chi connectivity index (χ3v) is 3.46. The minimum absolute atomic E-state index is 0.450. The van der Waals surface area contributed by atoms with Crippen molar-refractivity contribution < 1.29 is 14.0 Å². The van der Waals surface area contributed by atoms with Crippen LogP contribution >= 0.6 is 0 Å². The molecule has 0 N–H and O–H groups in total. The highest BCUT2D eigenvalue weighted by Crippen LogP contribution is 2.29. The Kier molecular flexibility index (Phi) is 5.46. The summed E-state index contributed by atoms with van der Waals surface area (Å²) in [5.41, 5.74) is 1.89. The molecule has 3 rings (SSSR count). The van der Waals surface area contributed by atoms with Gasteiger partial charge < -0.3 is 14.0 Å². The zero-order chi connectivity index (χ0) is 17.5. The van der Waals surface area contributed by atoms with Gasteiger partial charge in [0.1, 0.15) is 0 Å². The van der Waals surface area contributed by atoms with E-state index >= 15 is 0 Å².